The first-order chi connectivity index (χ1) is 11.0. The van der Waals surface area contributed by atoms with E-state index >= 15 is 0 Å². The molecule has 1 fully saturated rings. The van der Waals surface area contributed by atoms with Crippen molar-refractivity contribution in [2.45, 2.75) is 46.1 Å². The van der Waals surface area contributed by atoms with Crippen LogP contribution < -0.4 is 5.56 Å². The van der Waals surface area contributed by atoms with Gasteiger partial charge >= 0.3 is 0 Å². The molecule has 0 amide bonds. The highest BCUT2D eigenvalue weighted by Crippen LogP contribution is 2.46. The highest BCUT2D eigenvalue weighted by molar-refractivity contribution is 7.71. The molecule has 0 aromatic carbocycles. The molecule has 0 radical (unpaired) electrons. The Labute approximate surface area is 147 Å². The van der Waals surface area contributed by atoms with Gasteiger partial charge in [-0.2, -0.15) is 0 Å². The minimum Gasteiger partial charge on any atom is -0.494 e. The maximum Gasteiger partial charge on any atom is 0.266 e. The number of nitrogens with zero attached hydrogens (tertiary/aromatic N) is 3. The summed E-state index contributed by atoms with van der Waals surface area (Å²) in [7, 11) is 3.18. The van der Waals surface area contributed by atoms with Gasteiger partial charge in [0.1, 0.15) is 5.56 Å². The van der Waals surface area contributed by atoms with Gasteiger partial charge in [0.15, 0.2) is 4.77 Å². The number of hydrogen-bond donors (Lipinski definition) is 2. The van der Waals surface area contributed by atoms with Crippen molar-refractivity contribution in [3.8, 4) is 5.88 Å². The molecule has 2 rings (SSSR count). The summed E-state index contributed by atoms with van der Waals surface area (Å²) in [6, 6.07) is 0. The summed E-state index contributed by atoms with van der Waals surface area (Å²) in [5.74, 6) is -0.180. The normalized spacial score (nSPS) is 26.8. The Bertz CT molecular complexity index is 779. The SMILES string of the molecule is Cn1c(O)c(C=NC[C@]2(C)C[C@H](O)CC(C)(C)C2)c(=O)n(C)c1=S. The lowest BCUT2D eigenvalue weighted by atomic mass is 9.63. The second-order valence-electron chi connectivity index (χ2n) is 8.13. The van der Waals surface area contributed by atoms with Crippen LogP contribution in [-0.4, -0.2) is 38.2 Å². The van der Waals surface area contributed by atoms with Gasteiger partial charge in [0.25, 0.3) is 5.56 Å². The Morgan fingerprint density at radius 1 is 1.29 bits per heavy atom. The third-order valence-corrected chi connectivity index (χ3v) is 5.33. The average molecular weight is 353 g/mol. The first-order valence-corrected chi connectivity index (χ1v) is 8.53. The molecule has 1 heterocycles. The van der Waals surface area contributed by atoms with Crippen LogP contribution in [0.5, 0.6) is 5.88 Å². The summed E-state index contributed by atoms with van der Waals surface area (Å²) in [5.41, 5.74) is -0.295. The lowest BCUT2D eigenvalue weighted by Gasteiger charge is -2.44. The Morgan fingerprint density at radius 2 is 1.92 bits per heavy atom. The number of aromatic hydroxyl groups is 1. The summed E-state index contributed by atoms with van der Waals surface area (Å²) in [5, 5.41) is 20.3. The Morgan fingerprint density at radius 3 is 2.50 bits per heavy atom. The van der Waals surface area contributed by atoms with E-state index < -0.39 is 0 Å². The predicted octanol–water partition coefficient (Wildman–Crippen LogP) is 2.16. The van der Waals surface area contributed by atoms with E-state index in [1.165, 1.54) is 15.3 Å². The third-order valence-electron chi connectivity index (χ3n) is 4.78. The molecular weight excluding hydrogens is 326 g/mol. The zero-order chi connectivity index (χ0) is 18.3. The standard InChI is InChI=1S/C17H27N3O3S/c1-16(2)6-11(21)7-17(3,9-16)10-18-8-12-13(22)19(4)15(24)20(5)14(12)23/h8,11,21-22H,6-7,9-10H2,1-5H3/t11-,17-/m1/s1. The Hall–Kier alpha value is -1.47. The molecule has 24 heavy (non-hydrogen) atoms. The van der Waals surface area contributed by atoms with E-state index in [-0.39, 0.29) is 38.7 Å². The van der Waals surface area contributed by atoms with Gasteiger partial charge in [0, 0.05) is 26.9 Å². The van der Waals surface area contributed by atoms with Crippen molar-refractivity contribution < 1.29 is 10.2 Å². The molecule has 2 N–H and O–H groups in total. The molecule has 1 aliphatic rings. The number of aromatic nitrogens is 2. The van der Waals surface area contributed by atoms with Crippen molar-refractivity contribution in [1.82, 2.24) is 9.13 Å². The fourth-order valence-electron chi connectivity index (χ4n) is 4.03. The molecular formula is C17H27N3O3S. The minimum atomic E-state index is -0.367. The average Bonchev–Trinajstić information content (AvgIpc) is 2.44. The largest absolute Gasteiger partial charge is 0.494 e. The monoisotopic (exact) mass is 353 g/mol. The van der Waals surface area contributed by atoms with Gasteiger partial charge in [-0.1, -0.05) is 20.8 Å². The highest BCUT2D eigenvalue weighted by atomic mass is 32.1. The molecule has 0 aliphatic heterocycles. The summed E-state index contributed by atoms with van der Waals surface area (Å²) < 4.78 is 2.94. The Balaban J connectivity index is 2.27. The van der Waals surface area contributed by atoms with E-state index in [4.69, 9.17) is 12.2 Å². The van der Waals surface area contributed by atoms with Crippen molar-refractivity contribution >= 4 is 18.4 Å². The van der Waals surface area contributed by atoms with Crippen LogP contribution in [0, 0.1) is 15.6 Å². The van der Waals surface area contributed by atoms with Crippen molar-refractivity contribution in [2.75, 3.05) is 6.54 Å². The molecule has 1 aliphatic carbocycles. The summed E-state index contributed by atoms with van der Waals surface area (Å²) in [6.07, 6.45) is 3.54. The highest BCUT2D eigenvalue weighted by Gasteiger charge is 2.40. The smallest absolute Gasteiger partial charge is 0.266 e. The van der Waals surface area contributed by atoms with Gasteiger partial charge in [-0.3, -0.25) is 18.9 Å². The van der Waals surface area contributed by atoms with E-state index in [9.17, 15) is 15.0 Å². The van der Waals surface area contributed by atoms with Crippen molar-refractivity contribution in [1.29, 1.82) is 0 Å². The first-order valence-electron chi connectivity index (χ1n) is 8.13. The fourth-order valence-corrected chi connectivity index (χ4v) is 4.20. The number of hydrogen-bond acceptors (Lipinski definition) is 5. The van der Waals surface area contributed by atoms with E-state index in [1.54, 1.807) is 14.1 Å². The minimum absolute atomic E-state index is 0.0661. The number of aliphatic hydroxyl groups is 1. The topological polar surface area (TPSA) is 79.8 Å². The van der Waals surface area contributed by atoms with Crippen molar-refractivity contribution in [2.24, 2.45) is 29.9 Å². The van der Waals surface area contributed by atoms with E-state index in [1.807, 2.05) is 0 Å². The van der Waals surface area contributed by atoms with Crippen molar-refractivity contribution in [3.63, 3.8) is 0 Å². The number of aliphatic imine (C=N–C) groups is 1. The molecule has 0 spiro atoms. The van der Waals surface area contributed by atoms with Crippen LogP contribution in [0.4, 0.5) is 0 Å². The lowest BCUT2D eigenvalue weighted by molar-refractivity contribution is -0.00472. The zero-order valence-electron chi connectivity index (χ0n) is 15.0. The van der Waals surface area contributed by atoms with Gasteiger partial charge in [0.2, 0.25) is 5.88 Å². The molecule has 1 aromatic heterocycles. The van der Waals surface area contributed by atoms with Gasteiger partial charge in [0.05, 0.1) is 6.10 Å². The molecule has 0 bridgehead atoms. The molecule has 0 saturated heterocycles. The zero-order valence-corrected chi connectivity index (χ0v) is 15.9. The van der Waals surface area contributed by atoms with Crippen LogP contribution in [0.1, 0.15) is 45.6 Å². The van der Waals surface area contributed by atoms with Gasteiger partial charge in [-0.25, -0.2) is 0 Å². The molecule has 7 heteroatoms. The van der Waals surface area contributed by atoms with Crippen LogP contribution in [-0.2, 0) is 14.1 Å². The van der Waals surface area contributed by atoms with Crippen LogP contribution in [0.25, 0.3) is 0 Å². The number of aliphatic hydroxyl groups excluding tert-OH is 1. The molecule has 0 unspecified atom stereocenters. The van der Waals surface area contributed by atoms with E-state index in [0.717, 1.165) is 12.8 Å². The third kappa shape index (κ3) is 3.78. The molecule has 1 saturated carbocycles. The second kappa shape index (κ2) is 6.44. The number of rotatable bonds is 3. The molecule has 134 valence electrons. The summed E-state index contributed by atoms with van der Waals surface area (Å²) in [4.78, 5) is 16.7. The summed E-state index contributed by atoms with van der Waals surface area (Å²) in [6.45, 7) is 6.91. The van der Waals surface area contributed by atoms with Crippen LogP contribution >= 0.6 is 12.2 Å². The molecule has 2 atom stereocenters. The second-order valence-corrected chi connectivity index (χ2v) is 8.49. The van der Waals surface area contributed by atoms with Crippen LogP contribution in [0.2, 0.25) is 0 Å². The van der Waals surface area contributed by atoms with Gasteiger partial charge in [-0.05, 0) is 42.3 Å². The molecule has 1 aromatic rings. The van der Waals surface area contributed by atoms with Gasteiger partial charge < -0.3 is 10.2 Å². The Kier molecular flexibility index (Phi) is 5.06. The van der Waals surface area contributed by atoms with Crippen LogP contribution in [0.15, 0.2) is 9.79 Å². The van der Waals surface area contributed by atoms with Gasteiger partial charge in [-0.15, -0.1) is 0 Å². The molecule has 6 nitrogen and oxygen atoms in total. The van der Waals surface area contributed by atoms with Crippen LogP contribution in [0.3, 0.4) is 0 Å². The van der Waals surface area contributed by atoms with E-state index in [2.05, 4.69) is 25.8 Å². The quantitative estimate of drug-likeness (QED) is 0.645. The maximum atomic E-state index is 12.3. The maximum absolute atomic E-state index is 12.3. The first kappa shape index (κ1) is 18.9. The van der Waals surface area contributed by atoms with Crippen molar-refractivity contribution in [3.05, 3.63) is 20.7 Å². The summed E-state index contributed by atoms with van der Waals surface area (Å²) >= 11 is 5.09. The fraction of sp³-hybridized carbons (Fsp3) is 0.706. The predicted molar refractivity (Wildman–Crippen MR) is 97.4 cm³/mol. The lowest BCUT2D eigenvalue weighted by Crippen LogP contribution is -2.40. The van der Waals surface area contributed by atoms with E-state index in [0.29, 0.717) is 13.0 Å².